The van der Waals surface area contributed by atoms with E-state index in [9.17, 15) is 9.59 Å². The van der Waals surface area contributed by atoms with Gasteiger partial charge in [0.05, 0.1) is 22.4 Å². The zero-order valence-corrected chi connectivity index (χ0v) is 21.8. The van der Waals surface area contributed by atoms with E-state index in [0.717, 1.165) is 9.99 Å². The number of esters is 1. The second kappa shape index (κ2) is 10.3. The Morgan fingerprint density at radius 1 is 1.17 bits per heavy atom. The van der Waals surface area contributed by atoms with Crippen molar-refractivity contribution in [1.29, 1.82) is 0 Å². The summed E-state index contributed by atoms with van der Waals surface area (Å²) in [6, 6.07) is 20.0. The molecule has 36 heavy (non-hydrogen) atoms. The molecule has 6 nitrogen and oxygen atoms in total. The van der Waals surface area contributed by atoms with Gasteiger partial charge < -0.3 is 9.15 Å². The van der Waals surface area contributed by atoms with Crippen LogP contribution in [0.3, 0.4) is 0 Å². The Morgan fingerprint density at radius 3 is 2.67 bits per heavy atom. The minimum Gasteiger partial charge on any atom is -0.463 e. The first-order valence-corrected chi connectivity index (χ1v) is 13.2. The molecule has 182 valence electrons. The van der Waals surface area contributed by atoms with Crippen molar-refractivity contribution in [3.63, 3.8) is 0 Å². The number of hydrogen-bond donors (Lipinski definition) is 0. The summed E-state index contributed by atoms with van der Waals surface area (Å²) in [5.41, 5.74) is 1.13. The van der Waals surface area contributed by atoms with Gasteiger partial charge in [0.15, 0.2) is 9.89 Å². The average molecular weight is 537 g/mol. The molecule has 0 saturated carbocycles. The highest BCUT2D eigenvalue weighted by molar-refractivity contribution is 7.99. The maximum absolute atomic E-state index is 13.7. The van der Waals surface area contributed by atoms with Crippen LogP contribution in [-0.4, -0.2) is 17.1 Å². The normalized spacial score (nSPS) is 15.5. The molecule has 2 aromatic heterocycles. The number of thiazole rings is 1. The van der Waals surface area contributed by atoms with Crippen LogP contribution in [0, 0.1) is 0 Å². The Hall–Kier alpha value is -3.33. The lowest BCUT2D eigenvalue weighted by molar-refractivity contribution is -0.139. The Labute approximate surface area is 220 Å². The second-order valence-corrected chi connectivity index (χ2v) is 10.4. The van der Waals surface area contributed by atoms with Crippen LogP contribution < -0.4 is 14.9 Å². The number of nitrogens with zero attached hydrogens (tertiary/aromatic N) is 2. The first-order chi connectivity index (χ1) is 17.5. The summed E-state index contributed by atoms with van der Waals surface area (Å²) in [5.74, 6) is 0.0286. The molecule has 1 atom stereocenters. The quantitative estimate of drug-likeness (QED) is 0.317. The fourth-order valence-electron chi connectivity index (χ4n) is 3.98. The third-order valence-corrected chi connectivity index (χ3v) is 7.81. The number of benzene rings is 2. The van der Waals surface area contributed by atoms with Gasteiger partial charge in [0.25, 0.3) is 5.56 Å². The van der Waals surface area contributed by atoms with Gasteiger partial charge in [0.2, 0.25) is 0 Å². The first kappa shape index (κ1) is 24.4. The Balaban J connectivity index is 1.60. The summed E-state index contributed by atoms with van der Waals surface area (Å²) in [6.45, 7) is 3.69. The van der Waals surface area contributed by atoms with Crippen molar-refractivity contribution in [2.24, 2.45) is 4.99 Å². The summed E-state index contributed by atoms with van der Waals surface area (Å²) >= 11 is 9.27. The van der Waals surface area contributed by atoms with Crippen LogP contribution in [0.15, 0.2) is 102 Å². The Kier molecular flexibility index (Phi) is 7.00. The molecule has 0 N–H and O–H groups in total. The number of rotatable bonds is 6. The van der Waals surface area contributed by atoms with Crippen LogP contribution in [0.5, 0.6) is 0 Å². The maximum atomic E-state index is 13.7. The fourth-order valence-corrected chi connectivity index (χ4v) is 6.05. The predicted molar refractivity (Wildman–Crippen MR) is 141 cm³/mol. The van der Waals surface area contributed by atoms with Gasteiger partial charge >= 0.3 is 5.97 Å². The van der Waals surface area contributed by atoms with Crippen LogP contribution in [0.4, 0.5) is 0 Å². The molecule has 4 aromatic rings. The molecule has 0 unspecified atom stereocenters. The number of halogens is 1. The van der Waals surface area contributed by atoms with Gasteiger partial charge in [0.1, 0.15) is 11.8 Å². The van der Waals surface area contributed by atoms with Crippen molar-refractivity contribution >= 4 is 46.7 Å². The molecule has 0 spiro atoms. The number of allylic oxidation sites excluding steroid dienone is 1. The monoisotopic (exact) mass is 536 g/mol. The largest absolute Gasteiger partial charge is 0.463 e. The standard InChI is InChI=1S/C27H21ClN2O4S2/c1-3-33-26(32)23-16(2)29-27-30(24(23)19-11-7-8-12-20(19)28)25(31)21(36-27)15-17-13-14-22(34-17)35-18-9-5-4-6-10-18/h4-15,24H,3H2,1-2H3/b21-15+/t24-/m0/s1. The predicted octanol–water partition coefficient (Wildman–Crippen LogP) is 5.20. The molecular weight excluding hydrogens is 516 g/mol. The van der Waals surface area contributed by atoms with Gasteiger partial charge in [-0.1, -0.05) is 71.1 Å². The maximum Gasteiger partial charge on any atom is 0.338 e. The molecule has 5 rings (SSSR count). The summed E-state index contributed by atoms with van der Waals surface area (Å²) in [6.07, 6.45) is 1.70. The SMILES string of the molecule is CCOC(=O)C1=C(C)N=c2s/c(=C/c3ccc(Sc4ccccc4)o3)c(=O)n2[C@H]1c1ccccc1Cl. The molecule has 1 aliphatic rings. The van der Waals surface area contributed by atoms with E-state index in [1.807, 2.05) is 54.6 Å². The number of hydrogen-bond acceptors (Lipinski definition) is 7. The number of aromatic nitrogens is 1. The van der Waals surface area contributed by atoms with E-state index in [0.29, 0.717) is 37.0 Å². The van der Waals surface area contributed by atoms with Gasteiger partial charge in [-0.15, -0.1) is 0 Å². The average Bonchev–Trinajstić information content (AvgIpc) is 3.43. The van der Waals surface area contributed by atoms with Crippen LogP contribution in [0.2, 0.25) is 5.02 Å². The lowest BCUT2D eigenvalue weighted by atomic mass is 9.96. The second-order valence-electron chi connectivity index (χ2n) is 7.90. The van der Waals surface area contributed by atoms with Gasteiger partial charge in [-0.2, -0.15) is 0 Å². The van der Waals surface area contributed by atoms with E-state index >= 15 is 0 Å². The van der Waals surface area contributed by atoms with Gasteiger partial charge in [-0.3, -0.25) is 9.36 Å². The third kappa shape index (κ3) is 4.72. The Bertz CT molecular complexity index is 1650. The van der Waals surface area contributed by atoms with Crippen molar-refractivity contribution in [3.05, 3.63) is 114 Å². The topological polar surface area (TPSA) is 73.8 Å². The zero-order valence-electron chi connectivity index (χ0n) is 19.4. The lowest BCUT2D eigenvalue weighted by Crippen LogP contribution is -2.40. The van der Waals surface area contributed by atoms with Gasteiger partial charge in [-0.25, -0.2) is 9.79 Å². The van der Waals surface area contributed by atoms with Crippen LogP contribution >= 0.6 is 34.7 Å². The lowest BCUT2D eigenvalue weighted by Gasteiger charge is -2.25. The minimum absolute atomic E-state index is 0.205. The van der Waals surface area contributed by atoms with E-state index < -0.39 is 12.0 Å². The molecule has 9 heteroatoms. The van der Waals surface area contributed by atoms with Crippen LogP contribution in [0.25, 0.3) is 6.08 Å². The summed E-state index contributed by atoms with van der Waals surface area (Å²) < 4.78 is 13.2. The molecule has 3 heterocycles. The number of fused-ring (bicyclic) bond motifs is 1. The molecule has 0 aliphatic carbocycles. The molecular formula is C27H21ClN2O4S2. The van der Waals surface area contributed by atoms with E-state index in [1.54, 1.807) is 32.1 Å². The summed E-state index contributed by atoms with van der Waals surface area (Å²) in [7, 11) is 0. The number of ether oxygens (including phenoxy) is 1. The van der Waals surface area contributed by atoms with Crippen molar-refractivity contribution in [2.45, 2.75) is 29.9 Å². The molecule has 1 aliphatic heterocycles. The highest BCUT2D eigenvalue weighted by Gasteiger charge is 2.34. The molecule has 2 aromatic carbocycles. The Morgan fingerprint density at radius 2 is 1.92 bits per heavy atom. The van der Waals surface area contributed by atoms with E-state index in [1.165, 1.54) is 27.7 Å². The van der Waals surface area contributed by atoms with Crippen molar-refractivity contribution in [3.8, 4) is 0 Å². The molecule has 0 bridgehead atoms. The number of carbonyl (C=O) groups excluding carboxylic acids is 1. The molecule has 0 saturated heterocycles. The van der Waals surface area contributed by atoms with Crippen LogP contribution in [-0.2, 0) is 9.53 Å². The zero-order chi connectivity index (χ0) is 25.2. The van der Waals surface area contributed by atoms with E-state index in [4.69, 9.17) is 20.8 Å². The summed E-state index contributed by atoms with van der Waals surface area (Å²) in [4.78, 5) is 32.7. The fraction of sp³-hybridized carbons (Fsp3) is 0.148. The third-order valence-electron chi connectivity index (χ3n) is 5.55. The number of carbonyl (C=O) groups is 1. The minimum atomic E-state index is -0.753. The molecule has 0 fully saturated rings. The smallest absolute Gasteiger partial charge is 0.338 e. The van der Waals surface area contributed by atoms with Crippen LogP contribution in [0.1, 0.15) is 31.2 Å². The highest BCUT2D eigenvalue weighted by atomic mass is 35.5. The summed E-state index contributed by atoms with van der Waals surface area (Å²) in [5, 5.41) is 1.16. The van der Waals surface area contributed by atoms with E-state index in [-0.39, 0.29) is 12.2 Å². The van der Waals surface area contributed by atoms with Gasteiger partial charge in [0, 0.05) is 16.0 Å². The van der Waals surface area contributed by atoms with Gasteiger partial charge in [-0.05, 0) is 49.7 Å². The van der Waals surface area contributed by atoms with E-state index in [2.05, 4.69) is 4.99 Å². The highest BCUT2D eigenvalue weighted by Crippen LogP contribution is 2.34. The first-order valence-electron chi connectivity index (χ1n) is 11.2. The number of furan rings is 1. The molecule has 0 amide bonds. The van der Waals surface area contributed by atoms with Crippen molar-refractivity contribution in [1.82, 2.24) is 4.57 Å². The molecule has 0 radical (unpaired) electrons. The van der Waals surface area contributed by atoms with Crippen molar-refractivity contribution in [2.75, 3.05) is 6.61 Å². The van der Waals surface area contributed by atoms with Crippen molar-refractivity contribution < 1.29 is 13.9 Å².